The van der Waals surface area contributed by atoms with Crippen molar-refractivity contribution in [1.29, 1.82) is 0 Å². The van der Waals surface area contributed by atoms with Crippen molar-refractivity contribution in [2.75, 3.05) is 55.7 Å². The van der Waals surface area contributed by atoms with E-state index in [9.17, 15) is 9.18 Å². The number of anilines is 2. The molecule has 0 aliphatic carbocycles. The van der Waals surface area contributed by atoms with E-state index in [1.54, 1.807) is 7.05 Å². The maximum Gasteiger partial charge on any atom is 0.255 e. The quantitative estimate of drug-likeness (QED) is 0.651. The zero-order valence-electron chi connectivity index (χ0n) is 18.6. The number of nitrogens with zero attached hydrogens (tertiary/aromatic N) is 5. The summed E-state index contributed by atoms with van der Waals surface area (Å²) in [6.45, 7) is 5.65. The second-order valence-corrected chi connectivity index (χ2v) is 8.33. The lowest BCUT2D eigenvalue weighted by atomic mass is 10.1. The van der Waals surface area contributed by atoms with Gasteiger partial charge in [0.15, 0.2) is 5.82 Å². The SMILES string of the molecule is Cn1c(N2CCOC(c3ccc(N4CCNCC4)cc3)C2)nc(-c2ccncc2F)cc1=O. The molecule has 0 spiro atoms. The highest BCUT2D eigenvalue weighted by Crippen LogP contribution is 2.28. The number of aromatic nitrogens is 3. The van der Waals surface area contributed by atoms with Crippen molar-refractivity contribution < 1.29 is 9.13 Å². The van der Waals surface area contributed by atoms with Gasteiger partial charge in [0.25, 0.3) is 5.56 Å². The highest BCUT2D eigenvalue weighted by molar-refractivity contribution is 5.60. The van der Waals surface area contributed by atoms with Crippen LogP contribution in [0.4, 0.5) is 16.0 Å². The van der Waals surface area contributed by atoms with Crippen molar-refractivity contribution in [3.05, 3.63) is 70.5 Å². The first-order chi connectivity index (χ1) is 16.1. The molecule has 2 aromatic heterocycles. The zero-order valence-corrected chi connectivity index (χ0v) is 18.6. The number of hydrogen-bond acceptors (Lipinski definition) is 7. The molecule has 2 fully saturated rings. The number of pyridine rings is 1. The highest BCUT2D eigenvalue weighted by atomic mass is 19.1. The van der Waals surface area contributed by atoms with E-state index in [4.69, 9.17) is 4.74 Å². The monoisotopic (exact) mass is 450 g/mol. The second kappa shape index (κ2) is 9.29. The van der Waals surface area contributed by atoms with Gasteiger partial charge in [-0.2, -0.15) is 0 Å². The van der Waals surface area contributed by atoms with Crippen molar-refractivity contribution in [3.8, 4) is 11.3 Å². The number of rotatable bonds is 4. The molecular weight excluding hydrogens is 423 g/mol. The normalized spacial score (nSPS) is 19.0. The minimum atomic E-state index is -0.506. The molecule has 5 rings (SSSR count). The summed E-state index contributed by atoms with van der Waals surface area (Å²) < 4.78 is 21.8. The molecule has 33 heavy (non-hydrogen) atoms. The summed E-state index contributed by atoms with van der Waals surface area (Å²) >= 11 is 0. The lowest BCUT2D eigenvalue weighted by molar-refractivity contribution is 0.0390. The van der Waals surface area contributed by atoms with E-state index >= 15 is 0 Å². The summed E-state index contributed by atoms with van der Waals surface area (Å²) in [5.74, 6) is -0.00640. The average molecular weight is 451 g/mol. The van der Waals surface area contributed by atoms with Gasteiger partial charge in [0.1, 0.15) is 6.10 Å². The minimum absolute atomic E-state index is 0.144. The summed E-state index contributed by atoms with van der Waals surface area (Å²) in [7, 11) is 1.68. The highest BCUT2D eigenvalue weighted by Gasteiger charge is 2.26. The Bertz CT molecular complexity index is 1180. The summed E-state index contributed by atoms with van der Waals surface area (Å²) in [5.41, 5.74) is 2.62. The number of hydrogen-bond donors (Lipinski definition) is 1. The average Bonchev–Trinajstić information content (AvgIpc) is 2.87. The largest absolute Gasteiger partial charge is 0.370 e. The standard InChI is InChI=1S/C24H27FN6O2/c1-29-23(32)14-21(19-6-7-27-15-20(19)25)28-24(29)31-12-13-33-22(16-31)17-2-4-18(5-3-17)30-10-8-26-9-11-30/h2-7,14-15,22,26H,8-13,16H2,1H3. The number of halogens is 1. The summed E-state index contributed by atoms with van der Waals surface area (Å²) in [6.07, 6.45) is 2.48. The molecule has 3 aromatic rings. The van der Waals surface area contributed by atoms with E-state index in [-0.39, 0.29) is 17.2 Å². The first-order valence-electron chi connectivity index (χ1n) is 11.2. The molecule has 9 heteroatoms. The Morgan fingerprint density at radius 2 is 1.88 bits per heavy atom. The molecule has 1 unspecified atom stereocenters. The zero-order chi connectivity index (χ0) is 22.8. The Balaban J connectivity index is 1.39. The van der Waals surface area contributed by atoms with Crippen LogP contribution in [0.15, 0.2) is 53.6 Å². The molecule has 1 aromatic carbocycles. The molecule has 2 aliphatic rings. The lowest BCUT2D eigenvalue weighted by Crippen LogP contribution is -2.43. The van der Waals surface area contributed by atoms with Gasteiger partial charge in [-0.25, -0.2) is 9.37 Å². The van der Waals surface area contributed by atoms with E-state index in [0.29, 0.717) is 31.3 Å². The Morgan fingerprint density at radius 1 is 1.09 bits per heavy atom. The van der Waals surface area contributed by atoms with Crippen LogP contribution in [0.1, 0.15) is 11.7 Å². The van der Waals surface area contributed by atoms with E-state index in [0.717, 1.165) is 37.9 Å². The predicted octanol–water partition coefficient (Wildman–Crippen LogP) is 1.97. The van der Waals surface area contributed by atoms with Crippen LogP contribution < -0.4 is 20.7 Å². The van der Waals surface area contributed by atoms with Gasteiger partial charge in [0.2, 0.25) is 5.95 Å². The van der Waals surface area contributed by atoms with Gasteiger partial charge < -0.3 is 19.9 Å². The van der Waals surface area contributed by atoms with Crippen LogP contribution in [0.25, 0.3) is 11.3 Å². The summed E-state index contributed by atoms with van der Waals surface area (Å²) in [4.78, 5) is 25.5. The number of morpholine rings is 1. The lowest BCUT2D eigenvalue weighted by Gasteiger charge is -2.35. The third-order valence-electron chi connectivity index (χ3n) is 6.26. The van der Waals surface area contributed by atoms with Crippen LogP contribution in [0, 0.1) is 5.82 Å². The van der Waals surface area contributed by atoms with Crippen LogP contribution in [-0.2, 0) is 11.8 Å². The van der Waals surface area contributed by atoms with Gasteiger partial charge in [-0.15, -0.1) is 0 Å². The maximum absolute atomic E-state index is 14.3. The Labute approximate surface area is 191 Å². The van der Waals surface area contributed by atoms with E-state index < -0.39 is 5.82 Å². The van der Waals surface area contributed by atoms with Crippen molar-refractivity contribution in [2.45, 2.75) is 6.10 Å². The van der Waals surface area contributed by atoms with E-state index in [1.807, 2.05) is 4.90 Å². The molecule has 2 saturated heterocycles. The summed E-state index contributed by atoms with van der Waals surface area (Å²) in [6, 6.07) is 11.4. The molecule has 2 aliphatic heterocycles. The smallest absolute Gasteiger partial charge is 0.255 e. The molecule has 4 heterocycles. The third-order valence-corrected chi connectivity index (χ3v) is 6.26. The molecule has 8 nitrogen and oxygen atoms in total. The fourth-order valence-corrected chi connectivity index (χ4v) is 4.39. The van der Waals surface area contributed by atoms with Crippen molar-refractivity contribution in [3.63, 3.8) is 0 Å². The maximum atomic E-state index is 14.3. The van der Waals surface area contributed by atoms with Gasteiger partial charge in [-0.3, -0.25) is 14.3 Å². The molecule has 0 saturated carbocycles. The van der Waals surface area contributed by atoms with Crippen LogP contribution in [-0.4, -0.2) is 60.4 Å². The van der Waals surface area contributed by atoms with Crippen LogP contribution in [0.5, 0.6) is 0 Å². The van der Waals surface area contributed by atoms with Crippen LogP contribution in [0.3, 0.4) is 0 Å². The van der Waals surface area contributed by atoms with Crippen LogP contribution in [0.2, 0.25) is 0 Å². The molecule has 172 valence electrons. The van der Waals surface area contributed by atoms with Gasteiger partial charge in [0, 0.05) is 63.3 Å². The molecule has 0 amide bonds. The topological polar surface area (TPSA) is 75.5 Å². The number of ether oxygens (including phenoxy) is 1. The first kappa shape index (κ1) is 21.5. The number of nitrogens with one attached hydrogen (secondary N) is 1. The predicted molar refractivity (Wildman–Crippen MR) is 125 cm³/mol. The minimum Gasteiger partial charge on any atom is -0.370 e. The molecule has 0 bridgehead atoms. The molecule has 1 N–H and O–H groups in total. The number of piperazine rings is 1. The first-order valence-corrected chi connectivity index (χ1v) is 11.2. The van der Waals surface area contributed by atoms with E-state index in [2.05, 4.69) is 44.5 Å². The van der Waals surface area contributed by atoms with Crippen molar-refractivity contribution in [2.24, 2.45) is 7.05 Å². The van der Waals surface area contributed by atoms with Gasteiger partial charge in [-0.05, 0) is 23.8 Å². The Morgan fingerprint density at radius 3 is 2.64 bits per heavy atom. The molecule has 1 atom stereocenters. The fraction of sp³-hybridized carbons (Fsp3) is 0.375. The van der Waals surface area contributed by atoms with Crippen molar-refractivity contribution >= 4 is 11.6 Å². The number of benzene rings is 1. The van der Waals surface area contributed by atoms with Gasteiger partial charge in [0.05, 0.1) is 25.0 Å². The molecular formula is C24H27FN6O2. The van der Waals surface area contributed by atoms with Gasteiger partial charge >= 0.3 is 0 Å². The fourth-order valence-electron chi connectivity index (χ4n) is 4.39. The van der Waals surface area contributed by atoms with Gasteiger partial charge in [-0.1, -0.05) is 12.1 Å². The second-order valence-electron chi connectivity index (χ2n) is 8.33. The molecule has 0 radical (unpaired) electrons. The Kier molecular flexibility index (Phi) is 6.06. The summed E-state index contributed by atoms with van der Waals surface area (Å²) in [5, 5.41) is 3.37. The third kappa shape index (κ3) is 4.46. The Hall–Kier alpha value is -3.30. The van der Waals surface area contributed by atoms with Crippen LogP contribution >= 0.6 is 0 Å². The van der Waals surface area contributed by atoms with Crippen molar-refractivity contribution in [1.82, 2.24) is 19.9 Å². The van der Waals surface area contributed by atoms with E-state index in [1.165, 1.54) is 28.6 Å².